The number of ether oxygens (including phenoxy) is 1. The molecule has 0 aromatic heterocycles. The van der Waals surface area contributed by atoms with E-state index in [9.17, 15) is 14.7 Å². The third-order valence-electron chi connectivity index (χ3n) is 4.43. The highest BCUT2D eigenvalue weighted by Crippen LogP contribution is 2.31. The van der Waals surface area contributed by atoms with Gasteiger partial charge in [-0.3, -0.25) is 9.59 Å². The van der Waals surface area contributed by atoms with E-state index in [4.69, 9.17) is 4.74 Å². The molecule has 3 rings (SSSR count). The van der Waals surface area contributed by atoms with Gasteiger partial charge in [-0.1, -0.05) is 12.1 Å². The summed E-state index contributed by atoms with van der Waals surface area (Å²) >= 11 is 0. The van der Waals surface area contributed by atoms with Crippen molar-refractivity contribution >= 4 is 17.5 Å². The van der Waals surface area contributed by atoms with Crippen LogP contribution >= 0.6 is 0 Å². The summed E-state index contributed by atoms with van der Waals surface area (Å²) in [6.45, 7) is 0.361. The number of hydrogen-bond donors (Lipinski definition) is 2. The molecule has 1 heterocycles. The van der Waals surface area contributed by atoms with Gasteiger partial charge in [0.15, 0.2) is 6.61 Å². The summed E-state index contributed by atoms with van der Waals surface area (Å²) in [5, 5.41) is 12.5. The molecule has 2 N–H and O–H groups in total. The number of para-hydroxylation sites is 2. The molecule has 2 aliphatic rings. The average molecular weight is 318 g/mol. The van der Waals surface area contributed by atoms with E-state index in [2.05, 4.69) is 5.32 Å². The van der Waals surface area contributed by atoms with Gasteiger partial charge >= 0.3 is 0 Å². The zero-order valence-electron chi connectivity index (χ0n) is 13.0. The maximum absolute atomic E-state index is 12.1. The lowest BCUT2D eigenvalue weighted by molar-refractivity contribution is -0.122. The second kappa shape index (κ2) is 7.00. The molecule has 1 aromatic rings. The Morgan fingerprint density at radius 1 is 1.26 bits per heavy atom. The van der Waals surface area contributed by atoms with Gasteiger partial charge < -0.3 is 20.1 Å². The summed E-state index contributed by atoms with van der Waals surface area (Å²) in [5.74, 6) is 0.495. The molecule has 0 unspecified atom stereocenters. The van der Waals surface area contributed by atoms with Gasteiger partial charge in [0.2, 0.25) is 5.91 Å². The SMILES string of the molecule is O=C(CCN1C(=O)COc2ccccc21)NC1CCC(O)CC1. The smallest absolute Gasteiger partial charge is 0.265 e. The number of nitrogens with zero attached hydrogens (tertiary/aromatic N) is 1. The Morgan fingerprint density at radius 3 is 2.78 bits per heavy atom. The molecule has 0 saturated heterocycles. The van der Waals surface area contributed by atoms with Gasteiger partial charge in [-0.2, -0.15) is 0 Å². The molecule has 23 heavy (non-hydrogen) atoms. The number of benzene rings is 1. The molecular formula is C17H22N2O4. The molecule has 6 heteroatoms. The predicted octanol–water partition coefficient (Wildman–Crippen LogP) is 1.22. The molecule has 1 fully saturated rings. The number of amides is 2. The standard InChI is InChI=1S/C17H22N2O4/c20-13-7-5-12(6-8-13)18-16(21)9-10-19-14-3-1-2-4-15(14)23-11-17(19)22/h1-4,12-13,20H,5-11H2,(H,18,21). The maximum atomic E-state index is 12.1. The number of anilines is 1. The minimum atomic E-state index is -0.231. The predicted molar refractivity (Wildman–Crippen MR) is 85.3 cm³/mol. The summed E-state index contributed by atoms with van der Waals surface area (Å²) in [4.78, 5) is 25.8. The van der Waals surface area contributed by atoms with Gasteiger partial charge in [-0.15, -0.1) is 0 Å². The second-order valence-corrected chi connectivity index (χ2v) is 6.12. The van der Waals surface area contributed by atoms with E-state index in [1.54, 1.807) is 4.90 Å². The zero-order valence-corrected chi connectivity index (χ0v) is 13.0. The van der Waals surface area contributed by atoms with Gasteiger partial charge in [-0.05, 0) is 37.8 Å². The van der Waals surface area contributed by atoms with Gasteiger partial charge in [0.05, 0.1) is 11.8 Å². The molecule has 124 valence electrons. The van der Waals surface area contributed by atoms with Crippen LogP contribution in [0.5, 0.6) is 5.75 Å². The topological polar surface area (TPSA) is 78.9 Å². The average Bonchev–Trinajstić information content (AvgIpc) is 2.56. The molecule has 0 spiro atoms. The highest BCUT2D eigenvalue weighted by atomic mass is 16.5. The lowest BCUT2D eigenvalue weighted by Crippen LogP contribution is -2.43. The van der Waals surface area contributed by atoms with E-state index in [0.29, 0.717) is 12.3 Å². The first-order valence-corrected chi connectivity index (χ1v) is 8.13. The van der Waals surface area contributed by atoms with Gasteiger partial charge in [0, 0.05) is 19.0 Å². The fraction of sp³-hybridized carbons (Fsp3) is 0.529. The van der Waals surface area contributed by atoms with E-state index in [1.807, 2.05) is 24.3 Å². The Hall–Kier alpha value is -2.08. The fourth-order valence-electron chi connectivity index (χ4n) is 3.13. The number of rotatable bonds is 4. The third-order valence-corrected chi connectivity index (χ3v) is 4.43. The Morgan fingerprint density at radius 2 is 2.00 bits per heavy atom. The van der Waals surface area contributed by atoms with Crippen molar-refractivity contribution in [1.29, 1.82) is 0 Å². The van der Waals surface area contributed by atoms with Crippen molar-refractivity contribution in [2.24, 2.45) is 0 Å². The van der Waals surface area contributed by atoms with E-state index >= 15 is 0 Å². The quantitative estimate of drug-likeness (QED) is 0.875. The number of carbonyl (C=O) groups is 2. The van der Waals surface area contributed by atoms with Crippen molar-refractivity contribution in [2.45, 2.75) is 44.2 Å². The molecule has 0 bridgehead atoms. The van der Waals surface area contributed by atoms with Crippen LogP contribution in [0.15, 0.2) is 24.3 Å². The van der Waals surface area contributed by atoms with Crippen molar-refractivity contribution in [3.63, 3.8) is 0 Å². The van der Waals surface area contributed by atoms with Crippen LogP contribution in [-0.2, 0) is 9.59 Å². The zero-order chi connectivity index (χ0) is 16.2. The van der Waals surface area contributed by atoms with Crippen LogP contribution in [0.1, 0.15) is 32.1 Å². The molecule has 0 radical (unpaired) electrons. The summed E-state index contributed by atoms with van der Waals surface area (Å²) in [5.41, 5.74) is 0.720. The summed E-state index contributed by atoms with van der Waals surface area (Å²) in [6.07, 6.45) is 3.13. The van der Waals surface area contributed by atoms with Crippen molar-refractivity contribution in [1.82, 2.24) is 5.32 Å². The van der Waals surface area contributed by atoms with Crippen LogP contribution in [0.25, 0.3) is 0 Å². The first-order chi connectivity index (χ1) is 11.1. The van der Waals surface area contributed by atoms with Gasteiger partial charge in [0.1, 0.15) is 5.75 Å². The fourth-order valence-corrected chi connectivity index (χ4v) is 3.13. The molecule has 6 nitrogen and oxygen atoms in total. The van der Waals surface area contributed by atoms with E-state index in [0.717, 1.165) is 31.4 Å². The number of aliphatic hydroxyl groups excluding tert-OH is 1. The third kappa shape index (κ3) is 3.82. The van der Waals surface area contributed by atoms with Crippen molar-refractivity contribution in [3.8, 4) is 5.75 Å². The number of nitrogens with one attached hydrogen (secondary N) is 1. The number of hydrogen-bond acceptors (Lipinski definition) is 4. The summed E-state index contributed by atoms with van der Waals surface area (Å²) in [7, 11) is 0. The lowest BCUT2D eigenvalue weighted by Gasteiger charge is -2.30. The molecule has 2 amide bonds. The number of fused-ring (bicyclic) bond motifs is 1. The minimum absolute atomic E-state index is 0.0130. The molecule has 1 aliphatic carbocycles. The summed E-state index contributed by atoms with van der Waals surface area (Å²) in [6, 6.07) is 7.49. The van der Waals surface area contributed by atoms with Crippen LogP contribution in [0.2, 0.25) is 0 Å². The molecular weight excluding hydrogens is 296 g/mol. The Balaban J connectivity index is 1.53. The van der Waals surface area contributed by atoms with Gasteiger partial charge in [0.25, 0.3) is 5.91 Å². The van der Waals surface area contributed by atoms with Crippen molar-refractivity contribution in [3.05, 3.63) is 24.3 Å². The highest BCUT2D eigenvalue weighted by Gasteiger charge is 2.26. The maximum Gasteiger partial charge on any atom is 0.265 e. The van der Waals surface area contributed by atoms with Crippen molar-refractivity contribution in [2.75, 3.05) is 18.1 Å². The van der Waals surface area contributed by atoms with E-state index in [1.165, 1.54) is 0 Å². The molecule has 0 atom stereocenters. The first-order valence-electron chi connectivity index (χ1n) is 8.13. The van der Waals surface area contributed by atoms with E-state index in [-0.39, 0.29) is 37.0 Å². The first kappa shape index (κ1) is 15.8. The lowest BCUT2D eigenvalue weighted by atomic mass is 9.93. The van der Waals surface area contributed by atoms with Gasteiger partial charge in [-0.25, -0.2) is 0 Å². The van der Waals surface area contributed by atoms with Crippen LogP contribution in [0, 0.1) is 0 Å². The van der Waals surface area contributed by atoms with Crippen LogP contribution in [0.4, 0.5) is 5.69 Å². The minimum Gasteiger partial charge on any atom is -0.482 e. The molecule has 1 aromatic carbocycles. The van der Waals surface area contributed by atoms with E-state index < -0.39 is 0 Å². The van der Waals surface area contributed by atoms with Crippen LogP contribution in [-0.4, -0.2) is 42.2 Å². The van der Waals surface area contributed by atoms with Crippen LogP contribution < -0.4 is 15.0 Å². The monoisotopic (exact) mass is 318 g/mol. The molecule has 1 saturated carbocycles. The number of carbonyl (C=O) groups excluding carboxylic acids is 2. The Bertz CT molecular complexity index is 582. The normalized spacial score (nSPS) is 23.9. The highest BCUT2D eigenvalue weighted by molar-refractivity contribution is 5.98. The second-order valence-electron chi connectivity index (χ2n) is 6.12. The Kier molecular flexibility index (Phi) is 4.81. The largest absolute Gasteiger partial charge is 0.482 e. The van der Waals surface area contributed by atoms with Crippen LogP contribution in [0.3, 0.4) is 0 Å². The molecule has 1 aliphatic heterocycles. The number of aliphatic hydroxyl groups is 1. The van der Waals surface area contributed by atoms with Crippen molar-refractivity contribution < 1.29 is 19.4 Å². The summed E-state index contributed by atoms with van der Waals surface area (Å²) < 4.78 is 5.39. The Labute approximate surface area is 135 Å².